The van der Waals surface area contributed by atoms with Crippen LogP contribution in [-0.2, 0) is 14.3 Å². The number of rotatable bonds is 4. The molecule has 0 N–H and O–H groups in total. The van der Waals surface area contributed by atoms with Crippen LogP contribution in [0, 0.1) is 0 Å². The summed E-state index contributed by atoms with van der Waals surface area (Å²) in [6.45, 7) is 1.70. The largest absolute Gasteiger partial charge is 0.488 e. The molecule has 0 spiro atoms. The van der Waals surface area contributed by atoms with E-state index in [4.69, 9.17) is 9.47 Å². The van der Waals surface area contributed by atoms with Crippen LogP contribution in [0.3, 0.4) is 0 Å². The van der Waals surface area contributed by atoms with Crippen LogP contribution >= 0.6 is 0 Å². The summed E-state index contributed by atoms with van der Waals surface area (Å²) in [6, 6.07) is 16.6. The highest BCUT2D eigenvalue weighted by Gasteiger charge is 2.25. The Hall–Kier alpha value is -3.08. The lowest BCUT2D eigenvalue weighted by Gasteiger charge is -2.23. The molecule has 1 amide bonds. The topological polar surface area (TPSA) is 55.8 Å². The molecule has 5 heteroatoms. The van der Waals surface area contributed by atoms with Crippen molar-refractivity contribution in [3.63, 3.8) is 0 Å². The van der Waals surface area contributed by atoms with E-state index in [1.165, 1.54) is 4.90 Å². The number of carbonyl (C=O) groups excluding carboxylic acids is 2. The number of fused-ring (bicyclic) bond motifs is 1. The average Bonchev–Trinajstić information content (AvgIpc) is 2.67. The molecule has 25 heavy (non-hydrogen) atoms. The van der Waals surface area contributed by atoms with E-state index in [0.29, 0.717) is 5.57 Å². The van der Waals surface area contributed by atoms with Crippen LogP contribution in [0.15, 0.2) is 60.2 Å². The fraction of sp³-hybridized carbons (Fsp3) is 0.200. The molecule has 1 aliphatic heterocycles. The van der Waals surface area contributed by atoms with Crippen LogP contribution in [-0.4, -0.2) is 31.6 Å². The fourth-order valence-electron chi connectivity index (χ4n) is 2.57. The van der Waals surface area contributed by atoms with Crippen molar-refractivity contribution in [3.05, 3.63) is 65.7 Å². The van der Waals surface area contributed by atoms with Crippen molar-refractivity contribution in [2.45, 2.75) is 13.0 Å². The fourth-order valence-corrected chi connectivity index (χ4v) is 2.57. The summed E-state index contributed by atoms with van der Waals surface area (Å²) in [5, 5.41) is 0. The Kier molecular flexibility index (Phi) is 4.84. The van der Waals surface area contributed by atoms with Crippen LogP contribution in [0.1, 0.15) is 12.5 Å². The summed E-state index contributed by atoms with van der Waals surface area (Å²) >= 11 is 0. The molecule has 0 radical (unpaired) electrons. The second kappa shape index (κ2) is 7.21. The van der Waals surface area contributed by atoms with Crippen molar-refractivity contribution in [1.82, 2.24) is 0 Å². The maximum Gasteiger partial charge on any atom is 0.338 e. The number of amides is 1. The normalized spacial score (nSPS) is 13.8. The predicted molar refractivity (Wildman–Crippen MR) is 95.3 cm³/mol. The Morgan fingerprint density at radius 3 is 2.52 bits per heavy atom. The van der Waals surface area contributed by atoms with E-state index in [9.17, 15) is 9.59 Å². The molecule has 1 aliphatic rings. The zero-order valence-corrected chi connectivity index (χ0v) is 14.1. The minimum atomic E-state index is -0.893. The number of hydrogen-bond donors (Lipinski definition) is 0. The van der Waals surface area contributed by atoms with Gasteiger partial charge < -0.3 is 14.4 Å². The monoisotopic (exact) mass is 337 g/mol. The second-order valence-electron chi connectivity index (χ2n) is 5.78. The van der Waals surface area contributed by atoms with Gasteiger partial charge in [0.1, 0.15) is 12.4 Å². The highest BCUT2D eigenvalue weighted by atomic mass is 16.6. The van der Waals surface area contributed by atoms with Crippen molar-refractivity contribution >= 4 is 23.6 Å². The molecular formula is C20H19NO4. The first kappa shape index (κ1) is 16.8. The maximum atomic E-state index is 12.5. The minimum absolute atomic E-state index is 0.130. The van der Waals surface area contributed by atoms with E-state index in [0.717, 1.165) is 17.0 Å². The van der Waals surface area contributed by atoms with Gasteiger partial charge in [-0.25, -0.2) is 4.79 Å². The van der Waals surface area contributed by atoms with E-state index in [1.54, 1.807) is 20.0 Å². The lowest BCUT2D eigenvalue weighted by atomic mass is 10.1. The molecular weight excluding hydrogens is 318 g/mol. The Morgan fingerprint density at radius 2 is 1.76 bits per heavy atom. The Bertz CT molecular complexity index is 813. The third kappa shape index (κ3) is 3.71. The minimum Gasteiger partial charge on any atom is -0.488 e. The third-order valence-corrected chi connectivity index (χ3v) is 4.00. The summed E-state index contributed by atoms with van der Waals surface area (Å²) in [7, 11) is 1.65. The van der Waals surface area contributed by atoms with Gasteiger partial charge in [0.2, 0.25) is 0 Å². The Balaban J connectivity index is 1.67. The van der Waals surface area contributed by atoms with Crippen LogP contribution in [0.5, 0.6) is 5.75 Å². The zero-order chi connectivity index (χ0) is 17.8. The molecule has 128 valence electrons. The standard InChI is InChI=1S/C20H19NO4/c1-14(19(22)21(2)17-9-4-3-5-10-17)25-20(23)16-12-15-8-6-7-11-18(15)24-13-16/h3-12,14H,13H2,1-2H3. The van der Waals surface area contributed by atoms with E-state index in [1.807, 2.05) is 54.6 Å². The van der Waals surface area contributed by atoms with E-state index >= 15 is 0 Å². The Labute approximate surface area is 146 Å². The molecule has 1 atom stereocenters. The van der Waals surface area contributed by atoms with Gasteiger partial charge in [0.05, 0.1) is 5.57 Å². The summed E-state index contributed by atoms with van der Waals surface area (Å²) in [5.41, 5.74) is 1.95. The van der Waals surface area contributed by atoms with Crippen molar-refractivity contribution in [2.24, 2.45) is 0 Å². The number of hydrogen-bond acceptors (Lipinski definition) is 4. The smallest absolute Gasteiger partial charge is 0.338 e. The van der Waals surface area contributed by atoms with Gasteiger partial charge in [-0.1, -0.05) is 36.4 Å². The first-order valence-corrected chi connectivity index (χ1v) is 8.02. The lowest BCUT2D eigenvalue weighted by molar-refractivity contribution is -0.150. The summed E-state index contributed by atoms with van der Waals surface area (Å²) in [6.07, 6.45) is 0.843. The molecule has 0 bridgehead atoms. The maximum absolute atomic E-state index is 12.5. The van der Waals surface area contributed by atoms with Gasteiger partial charge in [0, 0.05) is 18.3 Å². The van der Waals surface area contributed by atoms with E-state index in [2.05, 4.69) is 0 Å². The van der Waals surface area contributed by atoms with Crippen LogP contribution in [0.2, 0.25) is 0 Å². The molecule has 3 rings (SSSR count). The predicted octanol–water partition coefficient (Wildman–Crippen LogP) is 3.06. The lowest BCUT2D eigenvalue weighted by Crippen LogP contribution is -2.38. The van der Waals surface area contributed by atoms with Crippen molar-refractivity contribution in [1.29, 1.82) is 0 Å². The van der Waals surface area contributed by atoms with Gasteiger partial charge in [-0.15, -0.1) is 0 Å². The zero-order valence-electron chi connectivity index (χ0n) is 14.1. The highest BCUT2D eigenvalue weighted by molar-refractivity contribution is 6.00. The second-order valence-corrected chi connectivity index (χ2v) is 5.78. The summed E-state index contributed by atoms with van der Waals surface area (Å²) in [5.74, 6) is -0.110. The van der Waals surface area contributed by atoms with E-state index < -0.39 is 12.1 Å². The molecule has 2 aromatic carbocycles. The van der Waals surface area contributed by atoms with Gasteiger partial charge in [0.15, 0.2) is 6.10 Å². The van der Waals surface area contributed by atoms with Crippen molar-refractivity contribution in [3.8, 4) is 5.75 Å². The summed E-state index contributed by atoms with van der Waals surface area (Å²) in [4.78, 5) is 26.3. The van der Waals surface area contributed by atoms with Crippen LogP contribution in [0.4, 0.5) is 5.69 Å². The van der Waals surface area contributed by atoms with Gasteiger partial charge in [-0.05, 0) is 31.2 Å². The number of nitrogens with zero attached hydrogens (tertiary/aromatic N) is 1. The van der Waals surface area contributed by atoms with Crippen molar-refractivity contribution < 1.29 is 19.1 Å². The third-order valence-electron chi connectivity index (χ3n) is 4.00. The molecule has 1 unspecified atom stereocenters. The number of likely N-dealkylation sites (N-methyl/N-ethyl adjacent to an activating group) is 1. The molecule has 1 heterocycles. The molecule has 0 aromatic heterocycles. The number of benzene rings is 2. The highest BCUT2D eigenvalue weighted by Crippen LogP contribution is 2.26. The molecule has 0 saturated heterocycles. The molecule has 0 fully saturated rings. The molecule has 0 aliphatic carbocycles. The van der Waals surface area contributed by atoms with Gasteiger partial charge in [0.25, 0.3) is 5.91 Å². The number of anilines is 1. The SMILES string of the molecule is CC(OC(=O)C1=Cc2ccccc2OC1)C(=O)N(C)c1ccccc1. The number of carbonyl (C=O) groups is 2. The van der Waals surface area contributed by atoms with Gasteiger partial charge in [-0.2, -0.15) is 0 Å². The van der Waals surface area contributed by atoms with Gasteiger partial charge >= 0.3 is 5.97 Å². The first-order chi connectivity index (χ1) is 12.1. The average molecular weight is 337 g/mol. The van der Waals surface area contributed by atoms with Crippen molar-refractivity contribution in [2.75, 3.05) is 18.6 Å². The van der Waals surface area contributed by atoms with Gasteiger partial charge in [-0.3, -0.25) is 4.79 Å². The quantitative estimate of drug-likeness (QED) is 0.805. The summed E-state index contributed by atoms with van der Waals surface area (Å²) < 4.78 is 10.9. The van der Waals surface area contributed by atoms with Crippen LogP contribution in [0.25, 0.3) is 6.08 Å². The van der Waals surface area contributed by atoms with E-state index in [-0.39, 0.29) is 12.5 Å². The van der Waals surface area contributed by atoms with Crippen LogP contribution < -0.4 is 9.64 Å². The Morgan fingerprint density at radius 1 is 1.08 bits per heavy atom. The molecule has 0 saturated carbocycles. The molecule has 2 aromatic rings. The molecule has 5 nitrogen and oxygen atoms in total. The number of para-hydroxylation sites is 2. The number of ether oxygens (including phenoxy) is 2. The first-order valence-electron chi connectivity index (χ1n) is 8.02. The number of esters is 1.